The first-order valence-corrected chi connectivity index (χ1v) is 8.44. The molecule has 0 aromatic carbocycles. The Morgan fingerprint density at radius 2 is 2.13 bits per heavy atom. The molecule has 1 aliphatic rings. The lowest BCUT2D eigenvalue weighted by molar-refractivity contribution is -0.326. The van der Waals surface area contributed by atoms with Crippen molar-refractivity contribution >= 4 is 17.7 Å². The fourth-order valence-electron chi connectivity index (χ4n) is 2.22. The van der Waals surface area contributed by atoms with Gasteiger partial charge in [0.05, 0.1) is 12.1 Å². The molecule has 23 heavy (non-hydrogen) atoms. The molecule has 0 aromatic rings. The molecular weight excluding hydrogens is 333 g/mol. The molecule has 5 nitrogen and oxygen atoms in total. The minimum atomic E-state index is -4.67. The van der Waals surface area contributed by atoms with Gasteiger partial charge in [0, 0.05) is 18.8 Å². The molecule has 0 saturated carbocycles. The minimum Gasteiger partial charge on any atom is -0.463 e. The Labute approximate surface area is 138 Å². The lowest BCUT2D eigenvalue weighted by Gasteiger charge is -2.38. The van der Waals surface area contributed by atoms with E-state index >= 15 is 0 Å². The molecule has 134 valence electrons. The molecule has 9 heteroatoms. The lowest BCUT2D eigenvalue weighted by Crippen LogP contribution is -2.56. The van der Waals surface area contributed by atoms with Gasteiger partial charge >= 0.3 is 6.36 Å². The summed E-state index contributed by atoms with van der Waals surface area (Å²) in [4.78, 5) is 4.11. The maximum absolute atomic E-state index is 11.8. The molecule has 0 bridgehead atoms. The first kappa shape index (κ1) is 20.1. The summed E-state index contributed by atoms with van der Waals surface area (Å²) in [6, 6.07) is 0. The summed E-state index contributed by atoms with van der Waals surface area (Å²) in [5, 5.41) is 3.94. The van der Waals surface area contributed by atoms with E-state index in [1.165, 1.54) is 0 Å². The zero-order valence-electron chi connectivity index (χ0n) is 13.5. The van der Waals surface area contributed by atoms with Gasteiger partial charge in [-0.05, 0) is 32.6 Å². The number of alkyl halides is 3. The summed E-state index contributed by atoms with van der Waals surface area (Å²) in [5.74, 6) is 0.296. The Morgan fingerprint density at radius 3 is 2.61 bits per heavy atom. The van der Waals surface area contributed by atoms with Crippen LogP contribution in [0.3, 0.4) is 0 Å². The van der Waals surface area contributed by atoms with Gasteiger partial charge in [-0.2, -0.15) is 11.8 Å². The maximum Gasteiger partial charge on any atom is 0.522 e. The molecule has 1 N–H and O–H groups in total. The zero-order valence-corrected chi connectivity index (χ0v) is 14.4. The highest BCUT2D eigenvalue weighted by Gasteiger charge is 2.37. The van der Waals surface area contributed by atoms with E-state index in [0.29, 0.717) is 11.1 Å². The molecule has 1 saturated heterocycles. The van der Waals surface area contributed by atoms with Crippen LogP contribution >= 0.6 is 11.8 Å². The molecule has 1 unspecified atom stereocenters. The van der Waals surface area contributed by atoms with Crippen LogP contribution in [0.1, 0.15) is 19.8 Å². The van der Waals surface area contributed by atoms with E-state index in [-0.39, 0.29) is 12.6 Å². The molecule has 0 aromatic heterocycles. The summed E-state index contributed by atoms with van der Waals surface area (Å²) in [7, 11) is 1.59. The highest BCUT2D eigenvalue weighted by atomic mass is 32.2. The third-order valence-electron chi connectivity index (χ3n) is 3.52. The predicted molar refractivity (Wildman–Crippen MR) is 84.5 cm³/mol. The van der Waals surface area contributed by atoms with Gasteiger partial charge in [-0.1, -0.05) is 0 Å². The topological polar surface area (TPSA) is 52.1 Å². The number of hydrogen-bond acceptors (Lipinski definition) is 6. The van der Waals surface area contributed by atoms with Crippen molar-refractivity contribution < 1.29 is 27.4 Å². The SMILES string of the molecule is C=C(OCCOC(F)(F)F)O/C(=N\C)[C@@]1(C)CCC(SC)CN1. The number of aliphatic imine (C=N–C) groups is 1. The highest BCUT2D eigenvalue weighted by molar-refractivity contribution is 7.99. The van der Waals surface area contributed by atoms with Crippen molar-refractivity contribution in [3.63, 3.8) is 0 Å². The molecule has 0 aliphatic carbocycles. The number of thioether (sulfide) groups is 1. The average Bonchev–Trinajstić information content (AvgIpc) is 2.49. The third kappa shape index (κ3) is 7.01. The minimum absolute atomic E-state index is 0.105. The molecule has 0 spiro atoms. The predicted octanol–water partition coefficient (Wildman–Crippen LogP) is 2.93. The van der Waals surface area contributed by atoms with Gasteiger partial charge < -0.3 is 14.8 Å². The van der Waals surface area contributed by atoms with Crippen molar-refractivity contribution in [1.82, 2.24) is 5.32 Å². The van der Waals surface area contributed by atoms with Crippen LogP contribution in [0.2, 0.25) is 0 Å². The molecule has 2 atom stereocenters. The standard InChI is InChI=1S/C14H23F3N2O3S/c1-10(20-7-8-21-14(15,16)17)22-12(18-3)13(2)6-5-11(23-4)9-19-13/h11,19H,1,5-9H2,2-4H3/b18-12-/t11?,13-/m1/s1. The van der Waals surface area contributed by atoms with Crippen LogP contribution < -0.4 is 5.32 Å². The zero-order chi connectivity index (χ0) is 17.5. The van der Waals surface area contributed by atoms with Gasteiger partial charge in [0.15, 0.2) is 0 Å². The van der Waals surface area contributed by atoms with Crippen molar-refractivity contribution in [1.29, 1.82) is 0 Å². The third-order valence-corrected chi connectivity index (χ3v) is 4.59. The van der Waals surface area contributed by atoms with E-state index in [0.717, 1.165) is 19.4 Å². The largest absolute Gasteiger partial charge is 0.522 e. The number of halogens is 3. The lowest BCUT2D eigenvalue weighted by atomic mass is 9.90. The fraction of sp³-hybridized carbons (Fsp3) is 0.786. The van der Waals surface area contributed by atoms with Gasteiger partial charge in [-0.3, -0.25) is 9.73 Å². The Morgan fingerprint density at radius 1 is 1.43 bits per heavy atom. The second-order valence-electron chi connectivity index (χ2n) is 5.25. The van der Waals surface area contributed by atoms with Crippen LogP contribution in [0.25, 0.3) is 0 Å². The average molecular weight is 356 g/mol. The first-order valence-electron chi connectivity index (χ1n) is 7.15. The maximum atomic E-state index is 11.8. The van der Waals surface area contributed by atoms with E-state index in [1.807, 2.05) is 6.92 Å². The molecule has 1 aliphatic heterocycles. The monoisotopic (exact) mass is 356 g/mol. The Bertz CT molecular complexity index is 422. The van der Waals surface area contributed by atoms with Crippen LogP contribution in [0, 0.1) is 0 Å². The van der Waals surface area contributed by atoms with Gasteiger partial charge in [0.25, 0.3) is 5.95 Å². The molecular formula is C14H23F3N2O3S. The molecule has 0 radical (unpaired) electrons. The van der Waals surface area contributed by atoms with Crippen LogP contribution in [0.5, 0.6) is 0 Å². The van der Waals surface area contributed by atoms with E-state index in [2.05, 4.69) is 27.9 Å². The summed E-state index contributed by atoms with van der Waals surface area (Å²) in [6.07, 6.45) is -0.761. The Balaban J connectivity index is 2.42. The number of nitrogens with one attached hydrogen (secondary N) is 1. The van der Waals surface area contributed by atoms with Crippen LogP contribution in [-0.4, -0.2) is 56.1 Å². The van der Waals surface area contributed by atoms with Crippen LogP contribution in [0.4, 0.5) is 13.2 Å². The van der Waals surface area contributed by atoms with Crippen molar-refractivity contribution in [3.05, 3.63) is 12.5 Å². The smallest absolute Gasteiger partial charge is 0.463 e. The molecule has 1 fully saturated rings. The van der Waals surface area contributed by atoms with Crippen LogP contribution in [0.15, 0.2) is 17.5 Å². The van der Waals surface area contributed by atoms with Crippen molar-refractivity contribution in [2.24, 2.45) is 4.99 Å². The fourth-order valence-corrected chi connectivity index (χ4v) is 2.82. The van der Waals surface area contributed by atoms with E-state index in [4.69, 9.17) is 9.47 Å². The van der Waals surface area contributed by atoms with Gasteiger partial charge in [0.2, 0.25) is 5.90 Å². The Hall–Kier alpha value is -0.930. The van der Waals surface area contributed by atoms with E-state index in [9.17, 15) is 13.2 Å². The number of rotatable bonds is 7. The summed E-state index contributed by atoms with van der Waals surface area (Å²) >= 11 is 1.80. The summed E-state index contributed by atoms with van der Waals surface area (Å²) in [5.41, 5.74) is -0.449. The number of piperidine rings is 1. The van der Waals surface area contributed by atoms with Crippen molar-refractivity contribution in [2.45, 2.75) is 36.9 Å². The summed E-state index contributed by atoms with van der Waals surface area (Å²) in [6.45, 7) is 5.39. The Kier molecular flexibility index (Phi) is 7.69. The van der Waals surface area contributed by atoms with Gasteiger partial charge in [0.1, 0.15) is 6.61 Å². The van der Waals surface area contributed by atoms with E-state index < -0.39 is 18.5 Å². The summed E-state index contributed by atoms with van der Waals surface area (Å²) < 4.78 is 49.6. The molecule has 0 amide bonds. The number of hydrogen-bond donors (Lipinski definition) is 1. The normalized spacial score (nSPS) is 26.0. The number of ether oxygens (including phenoxy) is 3. The highest BCUT2D eigenvalue weighted by Crippen LogP contribution is 2.27. The second kappa shape index (κ2) is 8.79. The van der Waals surface area contributed by atoms with Gasteiger partial charge in [-0.25, -0.2) is 0 Å². The quantitative estimate of drug-likeness (QED) is 0.329. The first-order chi connectivity index (χ1) is 10.7. The molecule has 1 rings (SSSR count). The second-order valence-corrected chi connectivity index (χ2v) is 6.39. The number of nitrogens with zero attached hydrogens (tertiary/aromatic N) is 1. The van der Waals surface area contributed by atoms with E-state index in [1.54, 1.807) is 18.8 Å². The van der Waals surface area contributed by atoms with Crippen molar-refractivity contribution in [2.75, 3.05) is 33.1 Å². The van der Waals surface area contributed by atoms with Gasteiger partial charge in [-0.15, -0.1) is 13.2 Å². The van der Waals surface area contributed by atoms with Crippen molar-refractivity contribution in [3.8, 4) is 0 Å². The van der Waals surface area contributed by atoms with Crippen LogP contribution in [-0.2, 0) is 14.2 Å². The molecule has 1 heterocycles.